The molecule has 1 fully saturated rings. The lowest BCUT2D eigenvalue weighted by Gasteiger charge is -2.33. The Hall–Kier alpha value is -1.25. The fraction of sp³-hybridized carbons (Fsp3) is 0.667. The molecule has 1 aromatic rings. The highest BCUT2D eigenvalue weighted by atomic mass is 32.1. The topological polar surface area (TPSA) is 50.8 Å². The molecule has 0 aromatic carbocycles. The van der Waals surface area contributed by atoms with Crippen molar-refractivity contribution in [2.75, 3.05) is 32.8 Å². The summed E-state index contributed by atoms with van der Waals surface area (Å²) >= 11 is 1.07. The van der Waals surface area contributed by atoms with Crippen LogP contribution in [0.1, 0.15) is 23.5 Å². The van der Waals surface area contributed by atoms with Gasteiger partial charge in [-0.3, -0.25) is 9.69 Å². The summed E-state index contributed by atoms with van der Waals surface area (Å²) in [4.78, 5) is 14.6. The smallest absolute Gasteiger partial charge is 0.387 e. The van der Waals surface area contributed by atoms with Crippen molar-refractivity contribution >= 4 is 17.2 Å². The van der Waals surface area contributed by atoms with E-state index in [1.165, 1.54) is 6.07 Å². The van der Waals surface area contributed by atoms with E-state index >= 15 is 0 Å². The maximum absolute atomic E-state index is 12.3. The van der Waals surface area contributed by atoms with Gasteiger partial charge >= 0.3 is 6.61 Å². The maximum Gasteiger partial charge on any atom is 0.387 e. The van der Waals surface area contributed by atoms with E-state index in [4.69, 9.17) is 4.74 Å². The molecule has 1 amide bonds. The van der Waals surface area contributed by atoms with E-state index in [0.717, 1.165) is 31.0 Å². The number of alkyl halides is 2. The number of halogens is 2. The first kappa shape index (κ1) is 18.1. The van der Waals surface area contributed by atoms with Gasteiger partial charge in [-0.15, -0.1) is 11.3 Å². The van der Waals surface area contributed by atoms with Gasteiger partial charge in [-0.25, -0.2) is 0 Å². The Kier molecular flexibility index (Phi) is 6.73. The van der Waals surface area contributed by atoms with Gasteiger partial charge in [-0.05, 0) is 17.4 Å². The monoisotopic (exact) mass is 348 g/mol. The van der Waals surface area contributed by atoms with E-state index in [2.05, 4.69) is 28.8 Å². The normalized spacial score (nSPS) is 19.3. The molecule has 130 valence electrons. The van der Waals surface area contributed by atoms with Crippen molar-refractivity contribution in [3.05, 3.63) is 16.3 Å². The summed E-state index contributed by atoms with van der Waals surface area (Å²) in [6.45, 7) is 4.99. The lowest BCUT2D eigenvalue weighted by molar-refractivity contribution is -0.0499. The zero-order chi connectivity index (χ0) is 16.8. The summed E-state index contributed by atoms with van der Waals surface area (Å²) in [5.74, 6) is 0.0669. The Morgan fingerprint density at radius 2 is 2.35 bits per heavy atom. The summed E-state index contributed by atoms with van der Waals surface area (Å²) < 4.78 is 34.6. The lowest BCUT2D eigenvalue weighted by Crippen LogP contribution is -2.48. The van der Waals surface area contributed by atoms with Crippen molar-refractivity contribution in [1.82, 2.24) is 10.2 Å². The number of hydrogen-bond acceptors (Lipinski definition) is 5. The Balaban J connectivity index is 1.83. The number of ether oxygens (including phenoxy) is 2. The van der Waals surface area contributed by atoms with E-state index in [1.54, 1.807) is 5.38 Å². The zero-order valence-electron chi connectivity index (χ0n) is 13.3. The summed E-state index contributed by atoms with van der Waals surface area (Å²) in [5, 5.41) is 4.29. The van der Waals surface area contributed by atoms with Crippen LogP contribution < -0.4 is 10.1 Å². The predicted molar refractivity (Wildman–Crippen MR) is 84.3 cm³/mol. The molecular weight excluding hydrogens is 326 g/mol. The minimum absolute atomic E-state index is 0.0894. The van der Waals surface area contributed by atoms with E-state index in [0.29, 0.717) is 19.1 Å². The molecule has 1 N–H and O–H groups in total. The van der Waals surface area contributed by atoms with E-state index < -0.39 is 12.5 Å². The number of carbonyl (C=O) groups is 1. The van der Waals surface area contributed by atoms with Crippen molar-refractivity contribution in [3.63, 3.8) is 0 Å². The van der Waals surface area contributed by atoms with Crippen LogP contribution in [0.15, 0.2) is 11.4 Å². The van der Waals surface area contributed by atoms with Gasteiger partial charge < -0.3 is 14.8 Å². The van der Waals surface area contributed by atoms with Crippen molar-refractivity contribution in [3.8, 4) is 5.75 Å². The summed E-state index contributed by atoms with van der Waals surface area (Å²) in [6.07, 6.45) is -0.0918. The van der Waals surface area contributed by atoms with Crippen LogP contribution in [0.25, 0.3) is 0 Å². The Bertz CT molecular complexity index is 511. The molecule has 5 nitrogen and oxygen atoms in total. The molecule has 1 atom stereocenters. The zero-order valence-corrected chi connectivity index (χ0v) is 14.1. The van der Waals surface area contributed by atoms with Crippen molar-refractivity contribution in [2.24, 2.45) is 5.92 Å². The molecule has 0 bridgehead atoms. The Morgan fingerprint density at radius 1 is 1.57 bits per heavy atom. The molecule has 1 aromatic heterocycles. The van der Waals surface area contributed by atoms with Crippen molar-refractivity contribution < 1.29 is 23.0 Å². The quantitative estimate of drug-likeness (QED) is 0.822. The largest absolute Gasteiger partial charge is 0.433 e. The number of hydrogen-bond donors (Lipinski definition) is 1. The van der Waals surface area contributed by atoms with Gasteiger partial charge in [-0.2, -0.15) is 8.78 Å². The molecule has 0 saturated carbocycles. The van der Waals surface area contributed by atoms with Gasteiger partial charge in [-0.1, -0.05) is 13.8 Å². The number of nitrogens with one attached hydrogen (secondary N) is 1. The molecule has 1 aliphatic heterocycles. The second-order valence-electron chi connectivity index (χ2n) is 5.85. The minimum Gasteiger partial charge on any atom is -0.433 e. The molecule has 0 aliphatic carbocycles. The molecule has 23 heavy (non-hydrogen) atoms. The third-order valence-corrected chi connectivity index (χ3v) is 4.28. The summed E-state index contributed by atoms with van der Waals surface area (Å²) in [5.41, 5.74) is 0. The van der Waals surface area contributed by atoms with E-state index in [1.807, 2.05) is 0 Å². The van der Waals surface area contributed by atoms with Crippen LogP contribution in [-0.4, -0.2) is 56.3 Å². The molecule has 1 unspecified atom stereocenters. The first-order chi connectivity index (χ1) is 11.0. The molecule has 2 rings (SSSR count). The average molecular weight is 348 g/mol. The standard InChI is InChI=1S/C15H22F2N2O3S/c1-10(2)8-19-4-5-21-11(9-19)7-18-14(20)13-12(3-6-23-13)22-15(16)17/h3,6,10-11,15H,4-5,7-9H2,1-2H3,(H,18,20). The van der Waals surface area contributed by atoms with Gasteiger partial charge in [0.05, 0.1) is 12.7 Å². The molecule has 1 aliphatic rings. The molecule has 2 heterocycles. The number of nitrogens with zero attached hydrogens (tertiary/aromatic N) is 1. The van der Waals surface area contributed by atoms with Gasteiger partial charge in [0.15, 0.2) is 0 Å². The fourth-order valence-electron chi connectivity index (χ4n) is 2.52. The predicted octanol–water partition coefficient (Wildman–Crippen LogP) is 2.44. The van der Waals surface area contributed by atoms with Gasteiger partial charge in [0.1, 0.15) is 10.6 Å². The molecular formula is C15H22F2N2O3S. The maximum atomic E-state index is 12.3. The Labute approximate surface area is 138 Å². The average Bonchev–Trinajstić information content (AvgIpc) is 2.92. The van der Waals surface area contributed by atoms with Gasteiger partial charge in [0, 0.05) is 26.2 Å². The van der Waals surface area contributed by atoms with Crippen LogP contribution in [0.3, 0.4) is 0 Å². The third kappa shape index (κ3) is 5.71. The Morgan fingerprint density at radius 3 is 3.04 bits per heavy atom. The number of carbonyl (C=O) groups excluding carboxylic acids is 1. The SMILES string of the molecule is CC(C)CN1CCOC(CNC(=O)c2sccc2OC(F)F)C1. The fourth-order valence-corrected chi connectivity index (χ4v) is 3.26. The first-order valence-corrected chi connectivity index (χ1v) is 8.48. The third-order valence-electron chi connectivity index (χ3n) is 3.39. The molecule has 0 spiro atoms. The highest BCUT2D eigenvalue weighted by Crippen LogP contribution is 2.26. The highest BCUT2D eigenvalue weighted by molar-refractivity contribution is 7.12. The van der Waals surface area contributed by atoms with Crippen LogP contribution in [0.2, 0.25) is 0 Å². The van der Waals surface area contributed by atoms with E-state index in [-0.39, 0.29) is 16.7 Å². The van der Waals surface area contributed by atoms with Crippen LogP contribution in [0.5, 0.6) is 5.75 Å². The highest BCUT2D eigenvalue weighted by Gasteiger charge is 2.23. The number of rotatable bonds is 7. The lowest BCUT2D eigenvalue weighted by atomic mass is 10.2. The minimum atomic E-state index is -2.94. The van der Waals surface area contributed by atoms with Gasteiger partial charge in [0.25, 0.3) is 5.91 Å². The second kappa shape index (κ2) is 8.56. The van der Waals surface area contributed by atoms with Crippen LogP contribution in [0, 0.1) is 5.92 Å². The molecule has 0 radical (unpaired) electrons. The number of amides is 1. The van der Waals surface area contributed by atoms with Gasteiger partial charge in [0.2, 0.25) is 0 Å². The first-order valence-electron chi connectivity index (χ1n) is 7.60. The summed E-state index contributed by atoms with van der Waals surface area (Å²) in [7, 11) is 0. The van der Waals surface area contributed by atoms with Crippen LogP contribution in [-0.2, 0) is 4.74 Å². The number of thiophene rings is 1. The number of morpholine rings is 1. The van der Waals surface area contributed by atoms with Crippen molar-refractivity contribution in [1.29, 1.82) is 0 Å². The molecule has 8 heteroatoms. The van der Waals surface area contributed by atoms with Crippen LogP contribution in [0.4, 0.5) is 8.78 Å². The molecule has 1 saturated heterocycles. The summed E-state index contributed by atoms with van der Waals surface area (Å²) in [6, 6.07) is 1.37. The van der Waals surface area contributed by atoms with E-state index in [9.17, 15) is 13.6 Å². The second-order valence-corrected chi connectivity index (χ2v) is 6.76. The van der Waals surface area contributed by atoms with Crippen LogP contribution >= 0.6 is 11.3 Å². The van der Waals surface area contributed by atoms with Crippen molar-refractivity contribution in [2.45, 2.75) is 26.6 Å².